The topological polar surface area (TPSA) is 56.8 Å². The fraction of sp³-hybridized carbons (Fsp3) is 0.400. The first-order valence-electron chi connectivity index (χ1n) is 15.7. The minimum Gasteiger partial charge on any atom is -0.484 e. The molecule has 3 fully saturated rings. The number of piperazine rings is 1. The highest BCUT2D eigenvalue weighted by atomic mass is 35.5. The Hall–Kier alpha value is -2.81. The third-order valence-electron chi connectivity index (χ3n) is 9.40. The third kappa shape index (κ3) is 6.30. The number of carbonyl (C=O) groups is 1. The summed E-state index contributed by atoms with van der Waals surface area (Å²) in [7, 11) is 0. The zero-order valence-electron chi connectivity index (χ0n) is 25.1. The van der Waals surface area contributed by atoms with Gasteiger partial charge >= 0.3 is 0 Å². The molecule has 10 heteroatoms. The van der Waals surface area contributed by atoms with Crippen LogP contribution >= 0.6 is 34.8 Å². The molecule has 1 aliphatic carbocycles. The van der Waals surface area contributed by atoms with Crippen molar-refractivity contribution in [2.24, 2.45) is 0 Å². The summed E-state index contributed by atoms with van der Waals surface area (Å²) in [4.78, 5) is 18.7. The molecule has 3 aromatic carbocycles. The van der Waals surface area contributed by atoms with Crippen molar-refractivity contribution in [1.82, 2.24) is 15.5 Å². The van der Waals surface area contributed by atoms with Crippen LogP contribution in [0.5, 0.6) is 5.75 Å². The molecule has 1 saturated carbocycles. The van der Waals surface area contributed by atoms with Crippen molar-refractivity contribution in [3.8, 4) is 5.75 Å². The minimum atomic E-state index is -0.440. The summed E-state index contributed by atoms with van der Waals surface area (Å²) in [5.41, 5.74) is 5.73. The van der Waals surface area contributed by atoms with Gasteiger partial charge in [-0.05, 0) is 72.7 Å². The number of halogens is 4. The largest absolute Gasteiger partial charge is 0.484 e. The number of nitrogens with zero attached hydrogens (tertiary/aromatic N) is 2. The van der Waals surface area contributed by atoms with Gasteiger partial charge in [0.25, 0.3) is 5.91 Å². The first kappa shape index (κ1) is 30.8. The van der Waals surface area contributed by atoms with E-state index in [1.165, 1.54) is 6.07 Å². The number of amides is 1. The monoisotopic (exact) mass is 668 g/mol. The van der Waals surface area contributed by atoms with Gasteiger partial charge in [-0.3, -0.25) is 4.79 Å². The Morgan fingerprint density at radius 3 is 2.60 bits per heavy atom. The van der Waals surface area contributed by atoms with Gasteiger partial charge in [-0.25, -0.2) is 4.39 Å². The number of rotatable bonds is 8. The van der Waals surface area contributed by atoms with Gasteiger partial charge in [-0.15, -0.1) is 0 Å². The van der Waals surface area contributed by atoms with Gasteiger partial charge in [0, 0.05) is 55.9 Å². The predicted octanol–water partition coefficient (Wildman–Crippen LogP) is 7.03. The Labute approximate surface area is 278 Å². The molecule has 3 heterocycles. The SMILES string of the molecule is Cc1ccc(F)c(O[C@@H]2CCN(c3ccc(C4=C(C(=O)N(Cc5cccc(Cl)c5Cl)C5CC5)[C@@H]5CNC[C@H](C4)N5)cc3)C2)c1Cl. The van der Waals surface area contributed by atoms with Crippen molar-refractivity contribution in [3.05, 3.63) is 97.7 Å². The number of nitrogens with one attached hydrogen (secondary N) is 2. The molecule has 0 aromatic heterocycles. The van der Waals surface area contributed by atoms with Crippen LogP contribution in [0.3, 0.4) is 0 Å². The van der Waals surface area contributed by atoms with Crippen LogP contribution in [0.2, 0.25) is 15.1 Å². The second-order valence-electron chi connectivity index (χ2n) is 12.6. The van der Waals surface area contributed by atoms with Crippen LogP contribution in [0.4, 0.5) is 10.1 Å². The normalized spacial score (nSPS) is 23.0. The van der Waals surface area contributed by atoms with Gasteiger partial charge in [0.2, 0.25) is 0 Å². The van der Waals surface area contributed by atoms with Crippen molar-refractivity contribution < 1.29 is 13.9 Å². The molecule has 1 amide bonds. The van der Waals surface area contributed by atoms with Crippen LogP contribution in [-0.4, -0.2) is 61.2 Å². The van der Waals surface area contributed by atoms with Gasteiger partial charge in [-0.1, -0.05) is 65.1 Å². The van der Waals surface area contributed by atoms with Gasteiger partial charge in [0.1, 0.15) is 6.10 Å². The molecule has 3 atom stereocenters. The maximum Gasteiger partial charge on any atom is 0.252 e. The Morgan fingerprint density at radius 2 is 1.82 bits per heavy atom. The molecule has 45 heavy (non-hydrogen) atoms. The predicted molar refractivity (Wildman–Crippen MR) is 179 cm³/mol. The second-order valence-corrected chi connectivity index (χ2v) is 13.7. The van der Waals surface area contributed by atoms with Crippen molar-refractivity contribution in [2.45, 2.75) is 63.4 Å². The van der Waals surface area contributed by atoms with Crippen LogP contribution in [0.1, 0.15) is 42.4 Å². The number of ether oxygens (including phenoxy) is 1. The third-order valence-corrected chi connectivity index (χ3v) is 10.7. The van der Waals surface area contributed by atoms with E-state index in [4.69, 9.17) is 39.5 Å². The average molecular weight is 670 g/mol. The van der Waals surface area contributed by atoms with Gasteiger partial charge in [-0.2, -0.15) is 0 Å². The van der Waals surface area contributed by atoms with E-state index in [1.54, 1.807) is 12.1 Å². The molecule has 2 N–H and O–H groups in total. The van der Waals surface area contributed by atoms with E-state index in [0.29, 0.717) is 34.7 Å². The van der Waals surface area contributed by atoms with E-state index in [1.807, 2.05) is 24.0 Å². The first-order chi connectivity index (χ1) is 21.8. The minimum absolute atomic E-state index is 0.0637. The van der Waals surface area contributed by atoms with Crippen molar-refractivity contribution in [1.29, 1.82) is 0 Å². The first-order valence-corrected chi connectivity index (χ1v) is 16.8. The standard InChI is InChI=1S/C35H36Cl3FN4O2/c1-20-5-12-29(39)34(32(20)37)45-26-13-14-42(19-26)24-8-6-21(7-9-24)27-15-23-16-40-17-30(41-23)31(27)35(44)43(25-10-11-25)18-22-3-2-4-28(36)33(22)38/h2-9,12,23,25-26,30,40-41H,10-11,13-19H2,1H3/t23-,26+,30-/m0/s1. The molecule has 6 nitrogen and oxygen atoms in total. The van der Waals surface area contributed by atoms with Crippen molar-refractivity contribution in [2.75, 3.05) is 31.1 Å². The van der Waals surface area contributed by atoms with Crippen molar-refractivity contribution in [3.63, 3.8) is 0 Å². The maximum atomic E-state index is 14.5. The Balaban J connectivity index is 1.13. The summed E-state index contributed by atoms with van der Waals surface area (Å²) < 4.78 is 20.5. The Morgan fingerprint density at radius 1 is 1.02 bits per heavy atom. The number of benzene rings is 3. The summed E-state index contributed by atoms with van der Waals surface area (Å²) in [5, 5.41) is 8.55. The molecule has 0 radical (unpaired) electrons. The van der Waals surface area contributed by atoms with Gasteiger partial charge in [0.05, 0.1) is 27.7 Å². The molecule has 2 bridgehead atoms. The zero-order chi connectivity index (χ0) is 31.2. The van der Waals surface area contributed by atoms with Crippen LogP contribution in [0, 0.1) is 12.7 Å². The van der Waals surface area contributed by atoms with E-state index >= 15 is 0 Å². The molecule has 236 valence electrons. The van der Waals surface area contributed by atoms with E-state index in [9.17, 15) is 9.18 Å². The number of fused-ring (bicyclic) bond motifs is 2. The summed E-state index contributed by atoms with van der Waals surface area (Å²) in [5.74, 6) is -0.245. The van der Waals surface area contributed by atoms with Crippen LogP contribution < -0.4 is 20.3 Å². The molecule has 3 aliphatic heterocycles. The number of hydrogen-bond donors (Lipinski definition) is 2. The van der Waals surface area contributed by atoms with E-state index in [0.717, 1.165) is 72.3 Å². The smallest absolute Gasteiger partial charge is 0.252 e. The highest BCUT2D eigenvalue weighted by molar-refractivity contribution is 6.42. The summed E-state index contributed by atoms with van der Waals surface area (Å²) in [6.45, 7) is 5.27. The molecule has 3 aromatic rings. The van der Waals surface area contributed by atoms with Crippen LogP contribution in [0.25, 0.3) is 5.57 Å². The Kier molecular flexibility index (Phi) is 8.74. The number of hydrogen-bond acceptors (Lipinski definition) is 5. The lowest BCUT2D eigenvalue weighted by molar-refractivity contribution is -0.128. The molecular weight excluding hydrogens is 634 g/mol. The second kappa shape index (κ2) is 12.8. The Bertz CT molecular complexity index is 1640. The lowest BCUT2D eigenvalue weighted by Gasteiger charge is -2.41. The van der Waals surface area contributed by atoms with Gasteiger partial charge in [0.15, 0.2) is 11.6 Å². The summed E-state index contributed by atoms with van der Waals surface area (Å²) in [6, 6.07) is 17.6. The van der Waals surface area contributed by atoms with Crippen molar-refractivity contribution >= 4 is 52.0 Å². The summed E-state index contributed by atoms with van der Waals surface area (Å²) >= 11 is 19.2. The fourth-order valence-corrected chi connectivity index (χ4v) is 7.42. The molecular formula is C35H36Cl3FN4O2. The summed E-state index contributed by atoms with van der Waals surface area (Å²) in [6.07, 6.45) is 3.35. The quantitative estimate of drug-likeness (QED) is 0.270. The molecule has 4 aliphatic rings. The number of anilines is 1. The fourth-order valence-electron chi connectivity index (χ4n) is 6.84. The average Bonchev–Trinajstić information content (AvgIpc) is 3.78. The molecule has 7 rings (SSSR count). The molecule has 0 unspecified atom stereocenters. The maximum absolute atomic E-state index is 14.5. The highest BCUT2D eigenvalue weighted by Gasteiger charge is 2.41. The van der Waals surface area contributed by atoms with E-state index in [2.05, 4.69) is 39.8 Å². The van der Waals surface area contributed by atoms with E-state index < -0.39 is 5.82 Å². The van der Waals surface area contributed by atoms with Crippen LogP contribution in [-0.2, 0) is 11.3 Å². The lowest BCUT2D eigenvalue weighted by atomic mass is 9.83. The van der Waals surface area contributed by atoms with Gasteiger partial charge < -0.3 is 25.2 Å². The zero-order valence-corrected chi connectivity index (χ0v) is 27.4. The number of aryl methyl sites for hydroxylation is 1. The molecule has 2 saturated heterocycles. The lowest BCUT2D eigenvalue weighted by Crippen LogP contribution is -2.60. The number of carbonyl (C=O) groups excluding carboxylic acids is 1. The van der Waals surface area contributed by atoms with Crippen LogP contribution in [0.15, 0.2) is 60.2 Å². The van der Waals surface area contributed by atoms with E-state index in [-0.39, 0.29) is 35.9 Å². The highest BCUT2D eigenvalue weighted by Crippen LogP contribution is 2.39. The molecule has 0 spiro atoms.